The van der Waals surface area contributed by atoms with Gasteiger partial charge in [0.15, 0.2) is 0 Å². The summed E-state index contributed by atoms with van der Waals surface area (Å²) in [5.41, 5.74) is 1.32. The molecule has 3 rings (SSSR count). The molecule has 2 aliphatic rings. The standard InChI is InChI=1S/C18H26N2O2/c1-14-10-20(11-15(2)22-14)18(21)17-8-9-19(13-17)12-16-6-4-3-5-7-16/h3-7,14-15,17H,8-13H2,1-2H3. The van der Waals surface area contributed by atoms with Crippen molar-refractivity contribution in [2.24, 2.45) is 5.92 Å². The predicted molar refractivity (Wildman–Crippen MR) is 86.4 cm³/mol. The average Bonchev–Trinajstić information content (AvgIpc) is 2.95. The Hall–Kier alpha value is -1.39. The van der Waals surface area contributed by atoms with Gasteiger partial charge in [0, 0.05) is 26.2 Å². The first-order chi connectivity index (χ1) is 10.6. The molecule has 22 heavy (non-hydrogen) atoms. The fourth-order valence-corrected chi connectivity index (χ4v) is 3.64. The van der Waals surface area contributed by atoms with E-state index in [0.29, 0.717) is 5.91 Å². The number of carbonyl (C=O) groups is 1. The number of nitrogens with zero attached hydrogens (tertiary/aromatic N) is 2. The Labute approximate surface area is 133 Å². The van der Waals surface area contributed by atoms with E-state index >= 15 is 0 Å². The maximum atomic E-state index is 12.7. The van der Waals surface area contributed by atoms with Crippen LogP contribution in [0.25, 0.3) is 0 Å². The zero-order chi connectivity index (χ0) is 15.5. The van der Waals surface area contributed by atoms with Gasteiger partial charge in [0.05, 0.1) is 18.1 Å². The second-order valence-electron chi connectivity index (χ2n) is 6.71. The molecule has 0 aromatic heterocycles. The summed E-state index contributed by atoms with van der Waals surface area (Å²) >= 11 is 0. The highest BCUT2D eigenvalue weighted by molar-refractivity contribution is 5.79. The third kappa shape index (κ3) is 3.68. The molecule has 4 heteroatoms. The van der Waals surface area contributed by atoms with E-state index in [9.17, 15) is 4.79 Å². The Morgan fingerprint density at radius 3 is 2.50 bits per heavy atom. The molecule has 2 heterocycles. The van der Waals surface area contributed by atoms with Crippen LogP contribution >= 0.6 is 0 Å². The van der Waals surface area contributed by atoms with E-state index in [-0.39, 0.29) is 18.1 Å². The van der Waals surface area contributed by atoms with E-state index in [4.69, 9.17) is 4.74 Å². The van der Waals surface area contributed by atoms with Crippen molar-refractivity contribution in [2.75, 3.05) is 26.2 Å². The number of amides is 1. The molecule has 0 spiro atoms. The molecule has 2 saturated heterocycles. The van der Waals surface area contributed by atoms with E-state index in [1.807, 2.05) is 24.8 Å². The lowest BCUT2D eigenvalue weighted by molar-refractivity contribution is -0.147. The number of morpholine rings is 1. The van der Waals surface area contributed by atoms with Crippen LogP contribution in [0.4, 0.5) is 0 Å². The number of benzene rings is 1. The number of ether oxygens (including phenoxy) is 1. The predicted octanol–water partition coefficient (Wildman–Crippen LogP) is 2.14. The van der Waals surface area contributed by atoms with Gasteiger partial charge in [-0.2, -0.15) is 0 Å². The SMILES string of the molecule is CC1CN(C(=O)C2CCN(Cc3ccccc3)C2)CC(C)O1. The first kappa shape index (κ1) is 15.5. The van der Waals surface area contributed by atoms with Crippen LogP contribution in [0.5, 0.6) is 0 Å². The van der Waals surface area contributed by atoms with Crippen molar-refractivity contribution < 1.29 is 9.53 Å². The lowest BCUT2D eigenvalue weighted by atomic mass is 10.1. The fourth-order valence-electron chi connectivity index (χ4n) is 3.64. The lowest BCUT2D eigenvalue weighted by Crippen LogP contribution is -2.50. The Bertz CT molecular complexity index is 495. The van der Waals surface area contributed by atoms with Gasteiger partial charge in [-0.1, -0.05) is 30.3 Å². The van der Waals surface area contributed by atoms with Crippen molar-refractivity contribution in [1.82, 2.24) is 9.80 Å². The third-order valence-corrected chi connectivity index (χ3v) is 4.60. The Kier molecular flexibility index (Phi) is 4.79. The number of rotatable bonds is 3. The highest BCUT2D eigenvalue weighted by atomic mass is 16.5. The van der Waals surface area contributed by atoms with Gasteiger partial charge >= 0.3 is 0 Å². The Morgan fingerprint density at radius 2 is 1.82 bits per heavy atom. The zero-order valence-corrected chi connectivity index (χ0v) is 13.6. The van der Waals surface area contributed by atoms with Gasteiger partial charge in [-0.15, -0.1) is 0 Å². The minimum absolute atomic E-state index is 0.148. The Morgan fingerprint density at radius 1 is 1.14 bits per heavy atom. The summed E-state index contributed by atoms with van der Waals surface area (Å²) in [6, 6.07) is 10.5. The molecular formula is C18H26N2O2. The van der Waals surface area contributed by atoms with Crippen LogP contribution in [0.2, 0.25) is 0 Å². The summed E-state index contributed by atoms with van der Waals surface area (Å²) in [4.78, 5) is 17.1. The van der Waals surface area contributed by atoms with Crippen LogP contribution in [-0.2, 0) is 16.1 Å². The van der Waals surface area contributed by atoms with Crippen LogP contribution < -0.4 is 0 Å². The summed E-state index contributed by atoms with van der Waals surface area (Å²) in [6.07, 6.45) is 1.27. The van der Waals surface area contributed by atoms with Gasteiger partial charge in [0.25, 0.3) is 0 Å². The zero-order valence-electron chi connectivity index (χ0n) is 13.6. The fraction of sp³-hybridized carbons (Fsp3) is 0.611. The number of hydrogen-bond donors (Lipinski definition) is 0. The van der Waals surface area contributed by atoms with Gasteiger partial charge in [-0.25, -0.2) is 0 Å². The van der Waals surface area contributed by atoms with Crippen molar-refractivity contribution >= 4 is 5.91 Å². The normalized spacial score (nSPS) is 29.7. The summed E-state index contributed by atoms with van der Waals surface area (Å²) in [6.45, 7) is 8.41. The minimum atomic E-state index is 0.148. The van der Waals surface area contributed by atoms with Crippen molar-refractivity contribution in [3.8, 4) is 0 Å². The minimum Gasteiger partial charge on any atom is -0.372 e. The quantitative estimate of drug-likeness (QED) is 0.857. The van der Waals surface area contributed by atoms with E-state index in [1.165, 1.54) is 5.56 Å². The molecule has 2 aliphatic heterocycles. The summed E-state index contributed by atoms with van der Waals surface area (Å²) in [5, 5.41) is 0. The lowest BCUT2D eigenvalue weighted by Gasteiger charge is -2.36. The summed E-state index contributed by atoms with van der Waals surface area (Å²) in [5.74, 6) is 0.471. The molecule has 0 bridgehead atoms. The van der Waals surface area contributed by atoms with E-state index in [2.05, 4.69) is 29.2 Å². The van der Waals surface area contributed by atoms with E-state index in [0.717, 1.165) is 39.1 Å². The van der Waals surface area contributed by atoms with Crippen molar-refractivity contribution in [2.45, 2.75) is 39.0 Å². The molecule has 0 saturated carbocycles. The molecule has 3 unspecified atom stereocenters. The smallest absolute Gasteiger partial charge is 0.227 e. The first-order valence-electron chi connectivity index (χ1n) is 8.32. The molecule has 120 valence electrons. The van der Waals surface area contributed by atoms with E-state index < -0.39 is 0 Å². The van der Waals surface area contributed by atoms with Crippen LogP contribution in [0, 0.1) is 5.92 Å². The van der Waals surface area contributed by atoms with Crippen molar-refractivity contribution in [3.05, 3.63) is 35.9 Å². The van der Waals surface area contributed by atoms with Gasteiger partial charge in [-0.05, 0) is 32.4 Å². The van der Waals surface area contributed by atoms with Gasteiger partial charge < -0.3 is 9.64 Å². The van der Waals surface area contributed by atoms with Gasteiger partial charge in [-0.3, -0.25) is 9.69 Å². The number of hydrogen-bond acceptors (Lipinski definition) is 3. The highest BCUT2D eigenvalue weighted by Crippen LogP contribution is 2.22. The monoisotopic (exact) mass is 302 g/mol. The molecule has 1 amide bonds. The van der Waals surface area contributed by atoms with E-state index in [1.54, 1.807) is 0 Å². The molecule has 4 nitrogen and oxygen atoms in total. The maximum Gasteiger partial charge on any atom is 0.227 e. The maximum absolute atomic E-state index is 12.7. The van der Waals surface area contributed by atoms with Crippen LogP contribution in [0.1, 0.15) is 25.8 Å². The molecule has 1 aromatic carbocycles. The average molecular weight is 302 g/mol. The summed E-state index contributed by atoms with van der Waals surface area (Å²) in [7, 11) is 0. The number of likely N-dealkylation sites (tertiary alicyclic amines) is 1. The van der Waals surface area contributed by atoms with Gasteiger partial charge in [0.2, 0.25) is 5.91 Å². The molecule has 0 aliphatic carbocycles. The van der Waals surface area contributed by atoms with Crippen LogP contribution in [0.3, 0.4) is 0 Å². The molecular weight excluding hydrogens is 276 g/mol. The van der Waals surface area contributed by atoms with Crippen molar-refractivity contribution in [1.29, 1.82) is 0 Å². The van der Waals surface area contributed by atoms with Crippen molar-refractivity contribution in [3.63, 3.8) is 0 Å². The van der Waals surface area contributed by atoms with Crippen LogP contribution in [-0.4, -0.2) is 54.1 Å². The topological polar surface area (TPSA) is 32.8 Å². The van der Waals surface area contributed by atoms with Crippen LogP contribution in [0.15, 0.2) is 30.3 Å². The molecule has 2 fully saturated rings. The van der Waals surface area contributed by atoms with Gasteiger partial charge in [0.1, 0.15) is 0 Å². The molecule has 0 radical (unpaired) electrons. The summed E-state index contributed by atoms with van der Waals surface area (Å²) < 4.78 is 5.73. The third-order valence-electron chi connectivity index (χ3n) is 4.60. The first-order valence-corrected chi connectivity index (χ1v) is 8.32. The largest absolute Gasteiger partial charge is 0.372 e. The second-order valence-corrected chi connectivity index (χ2v) is 6.71. The Balaban J connectivity index is 1.54. The molecule has 3 atom stereocenters. The second kappa shape index (κ2) is 6.80. The molecule has 0 N–H and O–H groups in total. The highest BCUT2D eigenvalue weighted by Gasteiger charge is 2.34. The number of carbonyl (C=O) groups excluding carboxylic acids is 1. The molecule has 1 aromatic rings.